The van der Waals surface area contributed by atoms with Gasteiger partial charge in [-0.2, -0.15) is 5.10 Å². The summed E-state index contributed by atoms with van der Waals surface area (Å²) in [6.07, 6.45) is 7.03. The molecule has 2 atom stereocenters. The molecule has 3 rings (SSSR count). The molecular weight excluding hydrogens is 200 g/mol. The van der Waals surface area contributed by atoms with Gasteiger partial charge in [0, 0.05) is 36.9 Å². The quantitative estimate of drug-likeness (QED) is 0.773. The summed E-state index contributed by atoms with van der Waals surface area (Å²) in [6, 6.07) is 1.18. The van der Waals surface area contributed by atoms with E-state index in [0.29, 0.717) is 12.1 Å². The summed E-state index contributed by atoms with van der Waals surface area (Å²) in [5.41, 5.74) is 2.86. The molecule has 0 amide bonds. The predicted molar refractivity (Wildman–Crippen MR) is 63.3 cm³/mol. The van der Waals surface area contributed by atoms with Crippen LogP contribution in [0.3, 0.4) is 0 Å². The smallest absolute Gasteiger partial charge is 0.0540 e. The standard InChI is InChI=1S/C12H20N4/c1-16-12-4-2-3-11(10(12)8-14-16)15-9-5-6-13-7-9/h8-9,11,13,15H,2-7H2,1H3. The van der Waals surface area contributed by atoms with Crippen LogP contribution in [0.15, 0.2) is 6.20 Å². The van der Waals surface area contributed by atoms with E-state index in [1.54, 1.807) is 0 Å². The summed E-state index contributed by atoms with van der Waals surface area (Å²) < 4.78 is 2.04. The van der Waals surface area contributed by atoms with Crippen LogP contribution < -0.4 is 10.6 Å². The number of nitrogens with one attached hydrogen (secondary N) is 2. The Labute approximate surface area is 96.4 Å². The fourth-order valence-corrected chi connectivity index (χ4v) is 2.96. The fraction of sp³-hybridized carbons (Fsp3) is 0.750. The van der Waals surface area contributed by atoms with Crippen molar-refractivity contribution in [2.45, 2.75) is 37.8 Å². The van der Waals surface area contributed by atoms with Crippen molar-refractivity contribution in [2.75, 3.05) is 13.1 Å². The maximum atomic E-state index is 4.38. The first-order valence-corrected chi connectivity index (χ1v) is 6.32. The molecule has 2 unspecified atom stereocenters. The van der Waals surface area contributed by atoms with Gasteiger partial charge in [-0.15, -0.1) is 0 Å². The van der Waals surface area contributed by atoms with E-state index in [-0.39, 0.29) is 0 Å². The van der Waals surface area contributed by atoms with Crippen LogP contribution in [0.5, 0.6) is 0 Å². The second-order valence-electron chi connectivity index (χ2n) is 4.97. The number of fused-ring (bicyclic) bond motifs is 1. The third-order valence-corrected chi connectivity index (χ3v) is 3.87. The number of hydrogen-bond donors (Lipinski definition) is 2. The van der Waals surface area contributed by atoms with Crippen molar-refractivity contribution in [3.8, 4) is 0 Å². The summed E-state index contributed by atoms with van der Waals surface area (Å²) in [6.45, 7) is 2.27. The van der Waals surface area contributed by atoms with Crippen LogP contribution >= 0.6 is 0 Å². The van der Waals surface area contributed by atoms with Crippen LogP contribution in [0.2, 0.25) is 0 Å². The van der Waals surface area contributed by atoms with Gasteiger partial charge in [-0.05, 0) is 32.2 Å². The van der Waals surface area contributed by atoms with Gasteiger partial charge < -0.3 is 10.6 Å². The van der Waals surface area contributed by atoms with E-state index in [2.05, 4.69) is 29.0 Å². The zero-order chi connectivity index (χ0) is 11.0. The van der Waals surface area contributed by atoms with Crippen LogP contribution in [0.25, 0.3) is 0 Å². The molecule has 1 aliphatic heterocycles. The maximum absolute atomic E-state index is 4.38. The summed E-state index contributed by atoms with van der Waals surface area (Å²) in [5.74, 6) is 0. The van der Waals surface area contributed by atoms with Gasteiger partial charge >= 0.3 is 0 Å². The maximum Gasteiger partial charge on any atom is 0.0540 e. The van der Waals surface area contributed by atoms with E-state index in [0.717, 1.165) is 13.1 Å². The van der Waals surface area contributed by atoms with Crippen molar-refractivity contribution in [2.24, 2.45) is 7.05 Å². The average Bonchev–Trinajstić information content (AvgIpc) is 2.90. The Kier molecular flexibility index (Phi) is 2.69. The minimum absolute atomic E-state index is 0.530. The monoisotopic (exact) mass is 220 g/mol. The van der Waals surface area contributed by atoms with Crippen molar-refractivity contribution in [1.29, 1.82) is 0 Å². The van der Waals surface area contributed by atoms with Gasteiger partial charge in [-0.1, -0.05) is 0 Å². The molecule has 4 heteroatoms. The lowest BCUT2D eigenvalue weighted by atomic mass is 9.92. The van der Waals surface area contributed by atoms with Crippen LogP contribution in [0.4, 0.5) is 0 Å². The predicted octanol–water partition coefficient (Wildman–Crippen LogP) is 0.749. The molecule has 0 aromatic carbocycles. The first-order valence-electron chi connectivity index (χ1n) is 6.32. The van der Waals surface area contributed by atoms with E-state index in [4.69, 9.17) is 0 Å². The fourth-order valence-electron chi connectivity index (χ4n) is 2.96. The molecule has 1 aromatic rings. The molecule has 0 saturated carbocycles. The molecule has 1 aromatic heterocycles. The molecule has 1 aliphatic carbocycles. The van der Waals surface area contributed by atoms with Crippen LogP contribution in [-0.4, -0.2) is 28.9 Å². The molecule has 2 N–H and O–H groups in total. The molecular formula is C12H20N4. The largest absolute Gasteiger partial charge is 0.315 e. The topological polar surface area (TPSA) is 41.9 Å². The van der Waals surface area contributed by atoms with Crippen molar-refractivity contribution < 1.29 is 0 Å². The van der Waals surface area contributed by atoms with Crippen LogP contribution in [0.1, 0.15) is 36.6 Å². The van der Waals surface area contributed by atoms with E-state index in [1.807, 2.05) is 4.68 Å². The molecule has 0 bridgehead atoms. The SMILES string of the molecule is Cn1ncc2c1CCCC2NC1CCNC1. The lowest BCUT2D eigenvalue weighted by Crippen LogP contribution is -2.36. The third-order valence-electron chi connectivity index (χ3n) is 3.87. The van der Waals surface area contributed by atoms with E-state index >= 15 is 0 Å². The highest BCUT2D eigenvalue weighted by molar-refractivity contribution is 5.24. The number of hydrogen-bond acceptors (Lipinski definition) is 3. The third kappa shape index (κ3) is 1.76. The number of rotatable bonds is 2. The molecule has 2 heterocycles. The highest BCUT2D eigenvalue weighted by Crippen LogP contribution is 2.29. The highest BCUT2D eigenvalue weighted by atomic mass is 15.3. The van der Waals surface area contributed by atoms with Gasteiger partial charge in [0.05, 0.1) is 6.20 Å². The number of aromatic nitrogens is 2. The Balaban J connectivity index is 1.76. The molecule has 4 nitrogen and oxygen atoms in total. The average molecular weight is 220 g/mol. The summed E-state index contributed by atoms with van der Waals surface area (Å²) in [5, 5.41) is 11.6. The van der Waals surface area contributed by atoms with Crippen molar-refractivity contribution in [1.82, 2.24) is 20.4 Å². The van der Waals surface area contributed by atoms with Gasteiger partial charge in [0.25, 0.3) is 0 Å². The van der Waals surface area contributed by atoms with Gasteiger partial charge in [0.1, 0.15) is 0 Å². The zero-order valence-electron chi connectivity index (χ0n) is 9.87. The first kappa shape index (κ1) is 10.3. The van der Waals surface area contributed by atoms with Gasteiger partial charge in [0.2, 0.25) is 0 Å². The van der Waals surface area contributed by atoms with Crippen LogP contribution in [-0.2, 0) is 13.5 Å². The molecule has 1 saturated heterocycles. The lowest BCUT2D eigenvalue weighted by molar-refractivity contribution is 0.404. The molecule has 1 fully saturated rings. The Hall–Kier alpha value is -0.870. The zero-order valence-corrected chi connectivity index (χ0v) is 9.87. The van der Waals surface area contributed by atoms with E-state index in [1.165, 1.54) is 36.9 Å². The Morgan fingerprint density at radius 1 is 1.50 bits per heavy atom. The lowest BCUT2D eigenvalue weighted by Gasteiger charge is -2.26. The minimum Gasteiger partial charge on any atom is -0.315 e. The number of nitrogens with zero attached hydrogens (tertiary/aromatic N) is 2. The van der Waals surface area contributed by atoms with Gasteiger partial charge in [-0.3, -0.25) is 4.68 Å². The molecule has 88 valence electrons. The number of aryl methyl sites for hydroxylation is 1. The van der Waals surface area contributed by atoms with E-state index in [9.17, 15) is 0 Å². The minimum atomic E-state index is 0.530. The molecule has 16 heavy (non-hydrogen) atoms. The second-order valence-corrected chi connectivity index (χ2v) is 4.97. The summed E-state index contributed by atoms with van der Waals surface area (Å²) in [4.78, 5) is 0. The van der Waals surface area contributed by atoms with Gasteiger partial charge in [0.15, 0.2) is 0 Å². The van der Waals surface area contributed by atoms with Crippen molar-refractivity contribution in [3.05, 3.63) is 17.5 Å². The highest BCUT2D eigenvalue weighted by Gasteiger charge is 2.26. The first-order chi connectivity index (χ1) is 7.84. The van der Waals surface area contributed by atoms with Crippen LogP contribution in [0, 0.1) is 0 Å². The Morgan fingerprint density at radius 2 is 2.44 bits per heavy atom. The summed E-state index contributed by atoms with van der Waals surface area (Å²) in [7, 11) is 2.05. The normalized spacial score (nSPS) is 29.3. The van der Waals surface area contributed by atoms with Crippen molar-refractivity contribution >= 4 is 0 Å². The molecule has 0 radical (unpaired) electrons. The van der Waals surface area contributed by atoms with E-state index < -0.39 is 0 Å². The Morgan fingerprint density at radius 3 is 3.25 bits per heavy atom. The second kappa shape index (κ2) is 4.18. The van der Waals surface area contributed by atoms with Gasteiger partial charge in [-0.25, -0.2) is 0 Å². The molecule has 0 spiro atoms. The molecule has 2 aliphatic rings. The van der Waals surface area contributed by atoms with Crippen molar-refractivity contribution in [3.63, 3.8) is 0 Å². The summed E-state index contributed by atoms with van der Waals surface area (Å²) >= 11 is 0. The Bertz CT molecular complexity index is 365.